The van der Waals surface area contributed by atoms with Gasteiger partial charge in [0.1, 0.15) is 0 Å². The Morgan fingerprint density at radius 2 is 1.93 bits per heavy atom. The van der Waals surface area contributed by atoms with Crippen molar-refractivity contribution in [2.75, 3.05) is 7.11 Å². The molecule has 5 nitrogen and oxygen atoms in total. The average Bonchev–Trinajstić information content (AvgIpc) is 2.92. The van der Waals surface area contributed by atoms with Crippen LogP contribution in [0.3, 0.4) is 0 Å². The molecule has 5 heteroatoms. The summed E-state index contributed by atoms with van der Waals surface area (Å²) in [7, 11) is 1.31. The van der Waals surface area contributed by atoms with Gasteiger partial charge in [0, 0.05) is 0 Å². The van der Waals surface area contributed by atoms with Crippen LogP contribution < -0.4 is 0 Å². The van der Waals surface area contributed by atoms with E-state index >= 15 is 0 Å². The number of ether oxygens (including phenoxy) is 1. The van der Waals surface area contributed by atoms with Crippen LogP contribution in [0.25, 0.3) is 0 Å². The molecule has 0 atom stereocenters. The quantitative estimate of drug-likeness (QED) is 0.397. The summed E-state index contributed by atoms with van der Waals surface area (Å²) >= 11 is 0. The van der Waals surface area contributed by atoms with Crippen LogP contribution in [-0.2, 0) is 19.2 Å². The second-order valence-electron chi connectivity index (χ2n) is 4.66. The van der Waals surface area contributed by atoms with Gasteiger partial charge in [-0.25, -0.2) is 9.86 Å². The van der Waals surface area contributed by atoms with Crippen LogP contribution in [0.1, 0.15) is 33.6 Å². The van der Waals surface area contributed by atoms with Crippen LogP contribution in [0.2, 0.25) is 0 Å². The highest BCUT2D eigenvalue weighted by molar-refractivity contribution is 5.86. The molecule has 0 saturated heterocycles. The molecule has 15 heavy (non-hydrogen) atoms. The highest BCUT2D eigenvalue weighted by Crippen LogP contribution is 2.43. The predicted octanol–water partition coefficient (Wildman–Crippen LogP) is 0.880. The van der Waals surface area contributed by atoms with E-state index in [9.17, 15) is 9.59 Å². The van der Waals surface area contributed by atoms with Crippen molar-refractivity contribution in [1.29, 1.82) is 0 Å². The van der Waals surface area contributed by atoms with Gasteiger partial charge in [0.15, 0.2) is 5.54 Å². The maximum absolute atomic E-state index is 11.5. The summed E-state index contributed by atoms with van der Waals surface area (Å²) in [4.78, 5) is 27.8. The van der Waals surface area contributed by atoms with E-state index in [1.165, 1.54) is 7.11 Å². The van der Waals surface area contributed by atoms with Crippen molar-refractivity contribution in [1.82, 2.24) is 5.06 Å². The zero-order chi connectivity index (χ0) is 11.7. The van der Waals surface area contributed by atoms with Gasteiger partial charge in [-0.1, -0.05) is 0 Å². The van der Waals surface area contributed by atoms with Crippen molar-refractivity contribution in [3.05, 3.63) is 0 Å². The third kappa shape index (κ3) is 2.47. The summed E-state index contributed by atoms with van der Waals surface area (Å²) in [6.07, 6.45) is 1.72. The molecule has 1 rings (SSSR count). The van der Waals surface area contributed by atoms with Gasteiger partial charge >= 0.3 is 5.97 Å². The smallest absolute Gasteiger partial charge is 0.334 e. The lowest BCUT2D eigenvalue weighted by Crippen LogP contribution is -2.47. The Kier molecular flexibility index (Phi) is 3.04. The zero-order valence-electron chi connectivity index (χ0n) is 9.57. The number of hydroxylamine groups is 2. The van der Waals surface area contributed by atoms with Gasteiger partial charge in [-0.3, -0.25) is 9.63 Å². The molecule has 0 bridgehead atoms. The fraction of sp³-hybridized carbons (Fsp3) is 0.800. The largest absolute Gasteiger partial charge is 0.467 e. The van der Waals surface area contributed by atoms with Gasteiger partial charge in [-0.05, 0) is 33.6 Å². The maximum Gasteiger partial charge on any atom is 0.334 e. The van der Waals surface area contributed by atoms with E-state index in [0.717, 1.165) is 5.06 Å². The summed E-state index contributed by atoms with van der Waals surface area (Å²) in [6, 6.07) is 0. The van der Waals surface area contributed by atoms with Crippen LogP contribution in [0, 0.1) is 0 Å². The first-order chi connectivity index (χ1) is 6.85. The number of amides is 1. The van der Waals surface area contributed by atoms with E-state index in [-0.39, 0.29) is 0 Å². The number of esters is 1. The number of nitrogens with zero attached hydrogens (tertiary/aromatic N) is 1. The Hall–Kier alpha value is -1.10. The number of carbonyl (C=O) groups is 2. The monoisotopic (exact) mass is 215 g/mol. The molecule has 0 heterocycles. The summed E-state index contributed by atoms with van der Waals surface area (Å²) in [5.41, 5.74) is -1.39. The number of carbonyl (C=O) groups excluding carboxylic acids is 2. The van der Waals surface area contributed by atoms with E-state index in [2.05, 4.69) is 4.74 Å². The molecule has 1 aliphatic carbocycles. The summed E-state index contributed by atoms with van der Waals surface area (Å²) in [5.74, 6) is -0.418. The minimum atomic E-state index is -0.885. The third-order valence-corrected chi connectivity index (χ3v) is 2.18. The molecule has 1 aliphatic rings. The topological polar surface area (TPSA) is 55.8 Å². The van der Waals surface area contributed by atoms with E-state index in [1.807, 2.05) is 20.8 Å². The minimum absolute atomic E-state index is 0.418. The second-order valence-corrected chi connectivity index (χ2v) is 4.66. The molecule has 1 saturated carbocycles. The minimum Gasteiger partial charge on any atom is -0.467 e. The molecule has 86 valence electrons. The lowest BCUT2D eigenvalue weighted by Gasteiger charge is -2.31. The van der Waals surface area contributed by atoms with Gasteiger partial charge in [-0.15, -0.1) is 0 Å². The first-order valence-corrected chi connectivity index (χ1v) is 4.88. The van der Waals surface area contributed by atoms with Crippen LogP contribution in [0.5, 0.6) is 0 Å². The van der Waals surface area contributed by atoms with Gasteiger partial charge in [0.25, 0.3) is 0 Å². The number of methoxy groups -OCH3 is 1. The molecule has 1 amide bonds. The average molecular weight is 215 g/mol. The highest BCUT2D eigenvalue weighted by atomic mass is 16.7. The van der Waals surface area contributed by atoms with Crippen LogP contribution in [-0.4, -0.2) is 35.7 Å². The summed E-state index contributed by atoms with van der Waals surface area (Å²) < 4.78 is 4.66. The molecule has 0 aromatic carbocycles. The Morgan fingerprint density at radius 3 is 2.20 bits per heavy atom. The third-order valence-electron chi connectivity index (χ3n) is 2.18. The van der Waals surface area contributed by atoms with Crippen LogP contribution in [0.4, 0.5) is 0 Å². The van der Waals surface area contributed by atoms with E-state index < -0.39 is 17.1 Å². The first-order valence-electron chi connectivity index (χ1n) is 4.88. The SMILES string of the molecule is COC(=O)C1(N(C=O)OC(C)(C)C)CC1. The van der Waals surface area contributed by atoms with Gasteiger partial charge < -0.3 is 4.74 Å². The van der Waals surface area contributed by atoms with Gasteiger partial charge in [0.2, 0.25) is 6.41 Å². The van der Waals surface area contributed by atoms with Crippen molar-refractivity contribution in [3.63, 3.8) is 0 Å². The van der Waals surface area contributed by atoms with Crippen molar-refractivity contribution in [2.45, 2.75) is 44.8 Å². The van der Waals surface area contributed by atoms with Crippen LogP contribution in [0.15, 0.2) is 0 Å². The summed E-state index contributed by atoms with van der Waals surface area (Å²) in [5, 5.41) is 1.08. The molecule has 0 aromatic heterocycles. The van der Waals surface area contributed by atoms with Crippen molar-refractivity contribution in [3.8, 4) is 0 Å². The molecular weight excluding hydrogens is 198 g/mol. The molecule has 1 fully saturated rings. The summed E-state index contributed by atoms with van der Waals surface area (Å²) in [6.45, 7) is 5.45. The van der Waals surface area contributed by atoms with Gasteiger partial charge in [-0.2, -0.15) is 0 Å². The Morgan fingerprint density at radius 1 is 1.40 bits per heavy atom. The highest BCUT2D eigenvalue weighted by Gasteiger charge is 2.58. The Balaban J connectivity index is 2.75. The lowest BCUT2D eigenvalue weighted by molar-refractivity contribution is -0.241. The van der Waals surface area contributed by atoms with Crippen molar-refractivity contribution in [2.24, 2.45) is 0 Å². The second kappa shape index (κ2) is 3.81. The standard InChI is InChI=1S/C10H17NO4/c1-9(2,3)15-11(7-12)10(5-6-10)8(13)14-4/h7H,5-6H2,1-4H3. The van der Waals surface area contributed by atoms with E-state index in [4.69, 9.17) is 4.84 Å². The fourth-order valence-corrected chi connectivity index (χ4v) is 1.33. The molecule has 0 aliphatic heterocycles. The molecule has 0 radical (unpaired) electrons. The molecule has 0 aromatic rings. The van der Waals surface area contributed by atoms with E-state index in [1.54, 1.807) is 0 Å². The Labute approximate surface area is 89.3 Å². The first kappa shape index (κ1) is 12.0. The predicted molar refractivity (Wildman–Crippen MR) is 52.7 cm³/mol. The number of hydrogen-bond donors (Lipinski definition) is 0. The van der Waals surface area contributed by atoms with E-state index in [0.29, 0.717) is 19.3 Å². The van der Waals surface area contributed by atoms with Crippen LogP contribution >= 0.6 is 0 Å². The molecule has 0 unspecified atom stereocenters. The van der Waals surface area contributed by atoms with Gasteiger partial charge in [0.05, 0.1) is 12.7 Å². The molecule has 0 N–H and O–H groups in total. The number of rotatable bonds is 4. The zero-order valence-corrected chi connectivity index (χ0v) is 9.57. The normalized spacial score (nSPS) is 18.1. The maximum atomic E-state index is 11.5. The fourth-order valence-electron chi connectivity index (χ4n) is 1.33. The Bertz CT molecular complexity index is 265. The molecule has 0 spiro atoms. The molecular formula is C10H17NO4. The van der Waals surface area contributed by atoms with Crippen molar-refractivity contribution >= 4 is 12.4 Å². The van der Waals surface area contributed by atoms with Crippen molar-refractivity contribution < 1.29 is 19.2 Å². The lowest BCUT2D eigenvalue weighted by atomic mass is 10.2. The number of hydrogen-bond acceptors (Lipinski definition) is 4.